The van der Waals surface area contributed by atoms with Gasteiger partial charge in [0.15, 0.2) is 0 Å². The van der Waals surface area contributed by atoms with E-state index in [0.29, 0.717) is 24.4 Å². The molecule has 1 fully saturated rings. The molecular weight excluding hydrogens is 348 g/mol. The van der Waals surface area contributed by atoms with E-state index in [1.165, 1.54) is 5.56 Å². The number of aryl methyl sites for hydroxylation is 1. The number of para-hydroxylation sites is 1. The molecule has 0 saturated carbocycles. The monoisotopic (exact) mass is 370 g/mol. The van der Waals surface area contributed by atoms with E-state index in [9.17, 15) is 9.90 Å². The highest BCUT2D eigenvalue weighted by Crippen LogP contribution is 2.31. The summed E-state index contributed by atoms with van der Waals surface area (Å²) in [6, 6.07) is 15.4. The Morgan fingerprint density at radius 3 is 2.92 bits per heavy atom. The van der Waals surface area contributed by atoms with Crippen LogP contribution in [0.2, 0.25) is 5.02 Å². The number of hydrogen-bond donors (Lipinski definition) is 2. The van der Waals surface area contributed by atoms with Crippen LogP contribution in [0.3, 0.4) is 0 Å². The zero-order valence-electron chi connectivity index (χ0n) is 14.6. The fraction of sp³-hybridized carbons (Fsp3) is 0.381. The summed E-state index contributed by atoms with van der Waals surface area (Å²) in [5, 5.41) is 14.8. The van der Waals surface area contributed by atoms with Crippen molar-refractivity contribution in [3.8, 4) is 0 Å². The van der Waals surface area contributed by atoms with E-state index in [4.69, 9.17) is 11.6 Å². The molecule has 2 N–H and O–H groups in total. The smallest absolute Gasteiger partial charge is 0.241 e. The lowest BCUT2D eigenvalue weighted by Crippen LogP contribution is -2.45. The Kier molecular flexibility index (Phi) is 4.74. The summed E-state index contributed by atoms with van der Waals surface area (Å²) in [5.74, 6) is 0.0296. The number of β-amino-alcohol motifs (C(OH)–C–C–N with tert-alkyl or cyclic N) is 1. The van der Waals surface area contributed by atoms with Gasteiger partial charge >= 0.3 is 0 Å². The number of halogens is 1. The number of amides is 1. The average Bonchev–Trinajstić information content (AvgIpc) is 2.89. The number of likely N-dealkylation sites (tertiary alicyclic amines) is 1. The van der Waals surface area contributed by atoms with Gasteiger partial charge in [-0.15, -0.1) is 0 Å². The quantitative estimate of drug-likeness (QED) is 0.871. The molecule has 1 saturated heterocycles. The van der Waals surface area contributed by atoms with Crippen molar-refractivity contribution in [3.05, 3.63) is 64.7 Å². The minimum atomic E-state index is -0.815. The Labute approximate surface area is 158 Å². The Morgan fingerprint density at radius 2 is 2.08 bits per heavy atom. The van der Waals surface area contributed by atoms with Gasteiger partial charge in [0.1, 0.15) is 0 Å². The van der Waals surface area contributed by atoms with Crippen molar-refractivity contribution in [1.29, 1.82) is 0 Å². The van der Waals surface area contributed by atoms with Crippen LogP contribution in [-0.2, 0) is 17.6 Å². The summed E-state index contributed by atoms with van der Waals surface area (Å²) in [7, 11) is 0. The zero-order chi connectivity index (χ0) is 18.1. The van der Waals surface area contributed by atoms with Crippen LogP contribution in [0.25, 0.3) is 0 Å². The highest BCUT2D eigenvalue weighted by molar-refractivity contribution is 6.30. The van der Waals surface area contributed by atoms with Gasteiger partial charge in [0.25, 0.3) is 0 Å². The fourth-order valence-electron chi connectivity index (χ4n) is 4.17. The first kappa shape index (κ1) is 17.5. The maximum Gasteiger partial charge on any atom is 0.241 e. The molecule has 4 nitrogen and oxygen atoms in total. The third-order valence-electron chi connectivity index (χ3n) is 5.49. The Morgan fingerprint density at radius 1 is 1.23 bits per heavy atom. The van der Waals surface area contributed by atoms with E-state index in [0.717, 1.165) is 30.6 Å². The Hall–Kier alpha value is -1.88. The van der Waals surface area contributed by atoms with E-state index in [1.54, 1.807) is 0 Å². The van der Waals surface area contributed by atoms with Crippen LogP contribution in [0, 0.1) is 0 Å². The lowest BCUT2D eigenvalue weighted by atomic mass is 9.94. The molecule has 0 aliphatic carbocycles. The molecule has 2 aliphatic rings. The van der Waals surface area contributed by atoms with Crippen molar-refractivity contribution in [1.82, 2.24) is 4.90 Å². The maximum atomic E-state index is 12.7. The molecule has 2 heterocycles. The number of rotatable bonds is 3. The predicted octanol–water partition coefficient (Wildman–Crippen LogP) is 3.27. The van der Waals surface area contributed by atoms with Crippen molar-refractivity contribution in [2.45, 2.75) is 37.3 Å². The summed E-state index contributed by atoms with van der Waals surface area (Å²) in [4.78, 5) is 14.9. The van der Waals surface area contributed by atoms with Crippen LogP contribution in [0.1, 0.15) is 24.0 Å². The van der Waals surface area contributed by atoms with Gasteiger partial charge < -0.3 is 10.4 Å². The van der Waals surface area contributed by atoms with E-state index < -0.39 is 5.60 Å². The first-order chi connectivity index (χ1) is 12.5. The average molecular weight is 371 g/mol. The van der Waals surface area contributed by atoms with E-state index >= 15 is 0 Å². The van der Waals surface area contributed by atoms with Gasteiger partial charge in [-0.25, -0.2) is 0 Å². The molecule has 26 heavy (non-hydrogen) atoms. The minimum Gasteiger partial charge on any atom is -0.388 e. The molecule has 0 spiro atoms. The molecule has 2 aromatic carbocycles. The number of fused-ring (bicyclic) bond motifs is 1. The normalized spacial score (nSPS) is 26.2. The van der Waals surface area contributed by atoms with Gasteiger partial charge in [0, 0.05) is 30.2 Å². The van der Waals surface area contributed by atoms with Crippen molar-refractivity contribution in [2.75, 3.05) is 18.4 Å². The van der Waals surface area contributed by atoms with Gasteiger partial charge in [-0.05, 0) is 48.6 Å². The molecule has 2 atom stereocenters. The second-order valence-electron chi connectivity index (χ2n) is 7.45. The van der Waals surface area contributed by atoms with E-state index in [1.807, 2.05) is 42.5 Å². The molecule has 5 heteroatoms. The summed E-state index contributed by atoms with van der Waals surface area (Å²) >= 11 is 6.06. The first-order valence-corrected chi connectivity index (χ1v) is 9.50. The number of hydrogen-bond acceptors (Lipinski definition) is 3. The van der Waals surface area contributed by atoms with Crippen LogP contribution in [-0.4, -0.2) is 40.6 Å². The summed E-state index contributed by atoms with van der Waals surface area (Å²) in [6.45, 7) is 1.24. The van der Waals surface area contributed by atoms with Crippen LogP contribution < -0.4 is 5.32 Å². The molecule has 4 rings (SSSR count). The highest BCUT2D eigenvalue weighted by Gasteiger charge is 2.41. The number of carbonyl (C=O) groups excluding carboxylic acids is 1. The van der Waals surface area contributed by atoms with Crippen molar-refractivity contribution >= 4 is 23.2 Å². The second-order valence-corrected chi connectivity index (χ2v) is 7.89. The molecule has 1 amide bonds. The SMILES string of the molecule is O=C1Nc2ccccc2CCC1N1CCC(O)(Cc2cccc(Cl)c2)C1. The first-order valence-electron chi connectivity index (χ1n) is 9.12. The largest absolute Gasteiger partial charge is 0.388 e. The van der Waals surface area contributed by atoms with E-state index in [2.05, 4.69) is 16.3 Å². The molecule has 136 valence electrons. The molecule has 0 bridgehead atoms. The predicted molar refractivity (Wildman–Crippen MR) is 103 cm³/mol. The Bertz CT molecular complexity index is 825. The molecule has 2 unspecified atom stereocenters. The lowest BCUT2D eigenvalue weighted by molar-refractivity contribution is -0.121. The number of benzene rings is 2. The molecule has 2 aliphatic heterocycles. The third-order valence-corrected chi connectivity index (χ3v) is 5.72. The van der Waals surface area contributed by atoms with Crippen molar-refractivity contribution in [3.63, 3.8) is 0 Å². The van der Waals surface area contributed by atoms with E-state index in [-0.39, 0.29) is 11.9 Å². The van der Waals surface area contributed by atoms with Crippen LogP contribution in [0.4, 0.5) is 5.69 Å². The van der Waals surface area contributed by atoms with Crippen LogP contribution in [0.15, 0.2) is 48.5 Å². The van der Waals surface area contributed by atoms with Crippen molar-refractivity contribution in [2.24, 2.45) is 0 Å². The standard InChI is InChI=1S/C21H23ClN2O2/c22-17-6-3-4-15(12-17)13-21(26)10-11-24(14-21)19-9-8-16-5-1-2-7-18(16)23-20(19)25/h1-7,12,19,26H,8-11,13-14H2,(H,23,25). The summed E-state index contributed by atoms with van der Waals surface area (Å²) < 4.78 is 0. The maximum absolute atomic E-state index is 12.7. The van der Waals surface area contributed by atoms with Crippen LogP contribution in [0.5, 0.6) is 0 Å². The Balaban J connectivity index is 1.46. The topological polar surface area (TPSA) is 52.6 Å². The number of anilines is 1. The van der Waals surface area contributed by atoms with Gasteiger partial charge in [-0.1, -0.05) is 41.9 Å². The van der Waals surface area contributed by atoms with Gasteiger partial charge in [0.05, 0.1) is 11.6 Å². The van der Waals surface area contributed by atoms with Gasteiger partial charge in [-0.2, -0.15) is 0 Å². The van der Waals surface area contributed by atoms with Crippen molar-refractivity contribution < 1.29 is 9.90 Å². The van der Waals surface area contributed by atoms with Gasteiger partial charge in [0.2, 0.25) is 5.91 Å². The van der Waals surface area contributed by atoms with Crippen LogP contribution >= 0.6 is 11.6 Å². The zero-order valence-corrected chi connectivity index (χ0v) is 15.4. The fourth-order valence-corrected chi connectivity index (χ4v) is 4.39. The van der Waals surface area contributed by atoms with Gasteiger partial charge in [-0.3, -0.25) is 9.69 Å². The number of aliphatic hydroxyl groups is 1. The number of nitrogens with zero attached hydrogens (tertiary/aromatic N) is 1. The summed E-state index contributed by atoms with van der Waals surface area (Å²) in [5.41, 5.74) is 2.30. The minimum absolute atomic E-state index is 0.0296. The number of carbonyl (C=O) groups is 1. The highest BCUT2D eigenvalue weighted by atomic mass is 35.5. The molecule has 0 radical (unpaired) electrons. The number of nitrogens with one attached hydrogen (secondary N) is 1. The summed E-state index contributed by atoms with van der Waals surface area (Å²) in [6.07, 6.45) is 2.85. The third kappa shape index (κ3) is 3.63. The lowest BCUT2D eigenvalue weighted by Gasteiger charge is -2.28. The molecular formula is C21H23ClN2O2. The second kappa shape index (κ2) is 7.03. The molecule has 2 aromatic rings. The molecule has 0 aromatic heterocycles.